The summed E-state index contributed by atoms with van der Waals surface area (Å²) in [4.78, 5) is 18.2. The van der Waals surface area contributed by atoms with Gasteiger partial charge in [0.1, 0.15) is 11.9 Å². The lowest BCUT2D eigenvalue weighted by atomic mass is 10.1. The summed E-state index contributed by atoms with van der Waals surface area (Å²) < 4.78 is 18.0. The number of carbonyl (C=O) groups excluding carboxylic acids is 1. The lowest BCUT2D eigenvalue weighted by Crippen LogP contribution is -2.48. The molecule has 1 atom stereocenters. The monoisotopic (exact) mass is 250 g/mol. The van der Waals surface area contributed by atoms with E-state index in [-0.39, 0.29) is 17.8 Å². The Labute approximate surface area is 105 Å². The van der Waals surface area contributed by atoms with Crippen LogP contribution in [0.1, 0.15) is 17.3 Å². The maximum Gasteiger partial charge on any atom is 0.254 e. The maximum atomic E-state index is 12.8. The van der Waals surface area contributed by atoms with Gasteiger partial charge < -0.3 is 9.64 Å². The van der Waals surface area contributed by atoms with E-state index in [0.717, 1.165) is 0 Å². The number of benzene rings is 1. The number of carbonyl (C=O) groups is 1. The lowest BCUT2D eigenvalue weighted by Gasteiger charge is -2.32. The van der Waals surface area contributed by atoms with Gasteiger partial charge >= 0.3 is 0 Å². The molecule has 1 aromatic carbocycles. The molecule has 0 fully saturated rings. The zero-order chi connectivity index (χ0) is 13.1. The molecule has 0 unspecified atom stereocenters. The maximum absolute atomic E-state index is 12.8. The van der Waals surface area contributed by atoms with Crippen molar-refractivity contribution < 1.29 is 13.9 Å². The van der Waals surface area contributed by atoms with Crippen molar-refractivity contribution in [1.29, 1.82) is 0 Å². The van der Waals surface area contributed by atoms with Crippen molar-refractivity contribution in [2.24, 2.45) is 4.99 Å². The Balaban J connectivity index is 2.19. The van der Waals surface area contributed by atoms with Gasteiger partial charge in [-0.3, -0.25) is 9.79 Å². The van der Waals surface area contributed by atoms with Crippen LogP contribution in [0.25, 0.3) is 0 Å². The third-order valence-electron chi connectivity index (χ3n) is 2.99. The van der Waals surface area contributed by atoms with Gasteiger partial charge in [0, 0.05) is 12.1 Å². The number of amides is 1. The largest absolute Gasteiger partial charge is 0.483 e. The topological polar surface area (TPSA) is 41.9 Å². The minimum atomic E-state index is -0.350. The molecule has 5 heteroatoms. The van der Waals surface area contributed by atoms with Crippen LogP contribution >= 0.6 is 0 Å². The van der Waals surface area contributed by atoms with Gasteiger partial charge in [-0.25, -0.2) is 4.39 Å². The molecule has 1 aliphatic rings. The van der Waals surface area contributed by atoms with Crippen LogP contribution in [0.2, 0.25) is 0 Å². The van der Waals surface area contributed by atoms with Gasteiger partial charge in [0.25, 0.3) is 5.91 Å². The summed E-state index contributed by atoms with van der Waals surface area (Å²) in [6.45, 7) is 2.94. The molecule has 0 N–H and O–H groups in total. The molecule has 0 radical (unpaired) electrons. The highest BCUT2D eigenvalue weighted by Crippen LogP contribution is 2.14. The Morgan fingerprint density at radius 3 is 2.72 bits per heavy atom. The average Bonchev–Trinajstić information content (AvgIpc) is 2.39. The summed E-state index contributed by atoms with van der Waals surface area (Å²) in [7, 11) is 1.54. The number of hydrogen-bond acceptors (Lipinski definition) is 3. The Kier molecular flexibility index (Phi) is 3.60. The third kappa shape index (κ3) is 2.34. The predicted molar refractivity (Wildman–Crippen MR) is 66.2 cm³/mol. The van der Waals surface area contributed by atoms with E-state index >= 15 is 0 Å². The van der Waals surface area contributed by atoms with Crippen molar-refractivity contribution in [1.82, 2.24) is 4.90 Å². The summed E-state index contributed by atoms with van der Waals surface area (Å²) >= 11 is 0. The number of ether oxygens (including phenoxy) is 1. The first-order chi connectivity index (χ1) is 8.63. The van der Waals surface area contributed by atoms with Crippen LogP contribution in [0.15, 0.2) is 29.3 Å². The van der Waals surface area contributed by atoms with Gasteiger partial charge in [-0.05, 0) is 31.2 Å². The lowest BCUT2D eigenvalue weighted by molar-refractivity contribution is 0.0714. The Morgan fingerprint density at radius 2 is 2.11 bits per heavy atom. The molecule has 0 aromatic heterocycles. The molecule has 0 saturated heterocycles. The van der Waals surface area contributed by atoms with Gasteiger partial charge in [-0.1, -0.05) is 0 Å². The molecular formula is C13H15FN2O2. The highest BCUT2D eigenvalue weighted by atomic mass is 19.1. The zero-order valence-electron chi connectivity index (χ0n) is 10.4. The molecule has 0 spiro atoms. The van der Waals surface area contributed by atoms with Gasteiger partial charge in [-0.15, -0.1) is 0 Å². The molecule has 0 bridgehead atoms. The summed E-state index contributed by atoms with van der Waals surface area (Å²) in [6, 6.07) is 5.35. The normalized spacial score (nSPS) is 19.4. The van der Waals surface area contributed by atoms with Crippen molar-refractivity contribution in [2.75, 3.05) is 20.2 Å². The van der Waals surface area contributed by atoms with Crippen LogP contribution in [0, 0.1) is 5.82 Å². The molecule has 0 saturated carbocycles. The average molecular weight is 250 g/mol. The van der Waals surface area contributed by atoms with E-state index in [1.54, 1.807) is 12.0 Å². The van der Waals surface area contributed by atoms with Gasteiger partial charge in [-0.2, -0.15) is 0 Å². The second-order valence-electron chi connectivity index (χ2n) is 4.11. The van der Waals surface area contributed by atoms with Crippen LogP contribution in [-0.2, 0) is 4.74 Å². The number of aliphatic imine (C=N–C) groups is 1. The second kappa shape index (κ2) is 5.16. The molecule has 1 heterocycles. The van der Waals surface area contributed by atoms with Crippen molar-refractivity contribution in [2.45, 2.75) is 13.0 Å². The molecule has 18 heavy (non-hydrogen) atoms. The van der Waals surface area contributed by atoms with E-state index in [1.165, 1.54) is 24.3 Å². The van der Waals surface area contributed by atoms with Gasteiger partial charge in [0.15, 0.2) is 0 Å². The number of nitrogens with zero attached hydrogens (tertiary/aromatic N) is 2. The van der Waals surface area contributed by atoms with E-state index in [2.05, 4.69) is 4.99 Å². The van der Waals surface area contributed by atoms with Crippen molar-refractivity contribution in [3.63, 3.8) is 0 Å². The van der Waals surface area contributed by atoms with E-state index in [0.29, 0.717) is 24.6 Å². The smallest absolute Gasteiger partial charge is 0.254 e. The second-order valence-corrected chi connectivity index (χ2v) is 4.11. The minimum absolute atomic E-state index is 0.132. The van der Waals surface area contributed by atoms with E-state index in [4.69, 9.17) is 4.74 Å². The fourth-order valence-corrected chi connectivity index (χ4v) is 2.00. The van der Waals surface area contributed by atoms with Crippen molar-refractivity contribution in [3.8, 4) is 0 Å². The molecule has 0 aliphatic carbocycles. The molecule has 1 aromatic rings. The van der Waals surface area contributed by atoms with E-state index in [1.807, 2.05) is 6.92 Å². The SMILES string of the molecule is COC1=NCCN(C(=O)c2ccc(F)cc2)[C@@H]1C. The quantitative estimate of drug-likeness (QED) is 0.761. The van der Waals surface area contributed by atoms with Crippen molar-refractivity contribution in [3.05, 3.63) is 35.6 Å². The minimum Gasteiger partial charge on any atom is -0.483 e. The molecule has 2 rings (SSSR count). The van der Waals surface area contributed by atoms with Crippen LogP contribution in [0.5, 0.6) is 0 Å². The molecule has 96 valence electrons. The predicted octanol–water partition coefficient (Wildman–Crippen LogP) is 1.71. The summed E-state index contributed by atoms with van der Waals surface area (Å²) in [5, 5.41) is 0. The third-order valence-corrected chi connectivity index (χ3v) is 2.99. The molecule has 4 nitrogen and oxygen atoms in total. The number of hydrogen-bond donors (Lipinski definition) is 0. The van der Waals surface area contributed by atoms with Crippen LogP contribution in [0.3, 0.4) is 0 Å². The molecule has 1 amide bonds. The Morgan fingerprint density at radius 1 is 1.44 bits per heavy atom. The van der Waals surface area contributed by atoms with Crippen LogP contribution in [-0.4, -0.2) is 42.9 Å². The fourth-order valence-electron chi connectivity index (χ4n) is 2.00. The number of halogens is 1. The van der Waals surface area contributed by atoms with Gasteiger partial charge in [0.2, 0.25) is 5.90 Å². The zero-order valence-corrected chi connectivity index (χ0v) is 10.4. The first-order valence-corrected chi connectivity index (χ1v) is 5.78. The van der Waals surface area contributed by atoms with E-state index < -0.39 is 0 Å². The molecular weight excluding hydrogens is 235 g/mol. The number of methoxy groups -OCH3 is 1. The van der Waals surface area contributed by atoms with Crippen LogP contribution < -0.4 is 0 Å². The summed E-state index contributed by atoms with van der Waals surface area (Å²) in [5.41, 5.74) is 0.473. The summed E-state index contributed by atoms with van der Waals surface area (Å²) in [5.74, 6) is 0.0704. The molecule has 1 aliphatic heterocycles. The number of rotatable bonds is 1. The fraction of sp³-hybridized carbons (Fsp3) is 0.385. The van der Waals surface area contributed by atoms with E-state index in [9.17, 15) is 9.18 Å². The van der Waals surface area contributed by atoms with Crippen LogP contribution in [0.4, 0.5) is 4.39 Å². The first kappa shape index (κ1) is 12.5. The highest BCUT2D eigenvalue weighted by molar-refractivity contribution is 5.97. The summed E-state index contributed by atoms with van der Waals surface area (Å²) in [6.07, 6.45) is 0. The Bertz CT molecular complexity index is 470. The Hall–Kier alpha value is -1.91. The van der Waals surface area contributed by atoms with Gasteiger partial charge in [0.05, 0.1) is 13.7 Å². The standard InChI is InChI=1S/C13H15FN2O2/c1-9-12(18-2)15-7-8-16(9)13(17)10-3-5-11(14)6-4-10/h3-6,9H,7-8H2,1-2H3/t9-/m1/s1. The van der Waals surface area contributed by atoms with Crippen molar-refractivity contribution >= 4 is 11.8 Å². The highest BCUT2D eigenvalue weighted by Gasteiger charge is 2.28. The first-order valence-electron chi connectivity index (χ1n) is 5.78.